The van der Waals surface area contributed by atoms with Crippen molar-refractivity contribution < 1.29 is 19.0 Å². The Labute approximate surface area is 281 Å². The van der Waals surface area contributed by atoms with Gasteiger partial charge in [0, 0.05) is 0 Å². The first kappa shape index (κ1) is 31.3. The first-order valence-corrected chi connectivity index (χ1v) is 15.9. The molecule has 9 heteroatoms. The van der Waals surface area contributed by atoms with Gasteiger partial charge in [0.2, 0.25) is 0 Å². The predicted octanol–water partition coefficient (Wildman–Crippen LogP) is 9.97. The van der Waals surface area contributed by atoms with Crippen LogP contribution < -0.4 is 19.1 Å². The van der Waals surface area contributed by atoms with Gasteiger partial charge in [0.05, 0.1) is 33.4 Å². The van der Waals surface area contributed by atoms with Crippen molar-refractivity contribution in [1.82, 2.24) is 0 Å². The zero-order chi connectivity index (χ0) is 31.9. The number of carbonyl (C=O) groups is 1. The van der Waals surface area contributed by atoms with Crippen LogP contribution >= 0.6 is 35.0 Å². The summed E-state index contributed by atoms with van der Waals surface area (Å²) in [7, 11) is 1.60. The molecule has 0 atom stereocenters. The van der Waals surface area contributed by atoms with Crippen molar-refractivity contribution >= 4 is 63.5 Å². The Morgan fingerprint density at radius 2 is 1.37 bits per heavy atom. The number of hydrogen-bond acceptors (Lipinski definition) is 6. The average Bonchev–Trinajstić information content (AvgIpc) is 3.38. The van der Waals surface area contributed by atoms with Crippen molar-refractivity contribution in [2.24, 2.45) is 4.99 Å². The zero-order valence-electron chi connectivity index (χ0n) is 24.7. The molecule has 0 unspecified atom stereocenters. The van der Waals surface area contributed by atoms with E-state index in [9.17, 15) is 4.79 Å². The Morgan fingerprint density at radius 3 is 2.04 bits per heavy atom. The van der Waals surface area contributed by atoms with Crippen molar-refractivity contribution in [3.8, 4) is 17.2 Å². The van der Waals surface area contributed by atoms with Gasteiger partial charge in [-0.25, -0.2) is 4.99 Å². The molecule has 6 rings (SSSR count). The number of benzene rings is 5. The van der Waals surface area contributed by atoms with E-state index < -0.39 is 0 Å². The van der Waals surface area contributed by atoms with E-state index in [1.54, 1.807) is 30.2 Å². The SMILES string of the molecule is COc1cc(COc2c(Cl)cc(/C=C3/SC(=Nc4ccccc4)N(c4ccccc4)C3=O)cc2Cl)ccc1OCc1ccccc1. The summed E-state index contributed by atoms with van der Waals surface area (Å²) in [5, 5.41) is 1.20. The predicted molar refractivity (Wildman–Crippen MR) is 188 cm³/mol. The molecule has 1 heterocycles. The quantitative estimate of drug-likeness (QED) is 0.139. The number of ether oxygens (including phenoxy) is 3. The lowest BCUT2D eigenvalue weighted by Crippen LogP contribution is -2.28. The van der Waals surface area contributed by atoms with E-state index in [1.165, 1.54) is 11.8 Å². The third-order valence-corrected chi connectivity index (χ3v) is 8.50. The number of halogens is 2. The maximum atomic E-state index is 13.6. The van der Waals surface area contributed by atoms with E-state index in [0.29, 0.717) is 49.5 Å². The monoisotopic (exact) mass is 666 g/mol. The van der Waals surface area contributed by atoms with Crippen molar-refractivity contribution in [2.45, 2.75) is 13.2 Å². The minimum atomic E-state index is -0.191. The summed E-state index contributed by atoms with van der Waals surface area (Å²) in [5.41, 5.74) is 4.05. The van der Waals surface area contributed by atoms with Gasteiger partial charge in [0.15, 0.2) is 22.4 Å². The number of carbonyl (C=O) groups excluding carboxylic acids is 1. The fourth-order valence-corrected chi connectivity index (χ4v) is 6.34. The van der Waals surface area contributed by atoms with Crippen LogP contribution in [0.25, 0.3) is 6.08 Å². The van der Waals surface area contributed by atoms with Crippen LogP contribution in [-0.4, -0.2) is 18.2 Å². The molecular formula is C37H28Cl2N2O4S. The number of methoxy groups -OCH3 is 1. The molecule has 0 N–H and O–H groups in total. The van der Waals surface area contributed by atoms with Gasteiger partial charge in [-0.2, -0.15) is 0 Å². The van der Waals surface area contributed by atoms with E-state index in [4.69, 9.17) is 42.4 Å². The zero-order valence-corrected chi connectivity index (χ0v) is 27.1. The highest BCUT2D eigenvalue weighted by Gasteiger charge is 2.34. The van der Waals surface area contributed by atoms with Crippen LogP contribution in [0.15, 0.2) is 131 Å². The van der Waals surface area contributed by atoms with Gasteiger partial charge in [0.25, 0.3) is 5.91 Å². The second-order valence-corrected chi connectivity index (χ2v) is 12.0. The molecule has 1 amide bonds. The van der Waals surface area contributed by atoms with E-state index in [2.05, 4.69) is 0 Å². The minimum Gasteiger partial charge on any atom is -0.493 e. The second kappa shape index (κ2) is 14.6. The smallest absolute Gasteiger partial charge is 0.271 e. The van der Waals surface area contributed by atoms with Gasteiger partial charge >= 0.3 is 0 Å². The molecule has 1 aliphatic heterocycles. The van der Waals surface area contributed by atoms with Crippen LogP contribution in [-0.2, 0) is 18.0 Å². The van der Waals surface area contributed by atoms with Crippen molar-refractivity contribution in [2.75, 3.05) is 12.0 Å². The Balaban J connectivity index is 1.18. The maximum absolute atomic E-state index is 13.6. The van der Waals surface area contributed by atoms with Crippen LogP contribution in [0.5, 0.6) is 17.2 Å². The van der Waals surface area contributed by atoms with Crippen LogP contribution in [0.1, 0.15) is 16.7 Å². The largest absolute Gasteiger partial charge is 0.493 e. The molecular weight excluding hydrogens is 639 g/mol. The molecule has 46 heavy (non-hydrogen) atoms. The van der Waals surface area contributed by atoms with Gasteiger partial charge in [0.1, 0.15) is 13.2 Å². The molecule has 230 valence electrons. The van der Waals surface area contributed by atoms with E-state index in [-0.39, 0.29) is 12.5 Å². The highest BCUT2D eigenvalue weighted by Crippen LogP contribution is 2.40. The fraction of sp³-hybridized carbons (Fsp3) is 0.0811. The summed E-state index contributed by atoms with van der Waals surface area (Å²) in [5.74, 6) is 1.38. The highest BCUT2D eigenvalue weighted by molar-refractivity contribution is 8.19. The lowest BCUT2D eigenvalue weighted by molar-refractivity contribution is -0.113. The van der Waals surface area contributed by atoms with Gasteiger partial charge in [-0.3, -0.25) is 9.69 Å². The number of rotatable bonds is 10. The van der Waals surface area contributed by atoms with Gasteiger partial charge in [-0.1, -0.05) is 96.0 Å². The van der Waals surface area contributed by atoms with Crippen molar-refractivity contribution in [3.05, 3.63) is 153 Å². The molecule has 0 radical (unpaired) electrons. The van der Waals surface area contributed by atoms with E-state index in [0.717, 1.165) is 22.5 Å². The number of para-hydroxylation sites is 2. The Bertz CT molecular complexity index is 1880. The van der Waals surface area contributed by atoms with Crippen molar-refractivity contribution in [1.29, 1.82) is 0 Å². The Hall–Kier alpha value is -4.69. The molecule has 5 aromatic carbocycles. The van der Waals surface area contributed by atoms with Gasteiger partial charge < -0.3 is 14.2 Å². The van der Waals surface area contributed by atoms with Gasteiger partial charge in [-0.05, 0) is 83.1 Å². The lowest BCUT2D eigenvalue weighted by Gasteiger charge is -2.15. The number of amides is 1. The highest BCUT2D eigenvalue weighted by atomic mass is 35.5. The summed E-state index contributed by atoms with van der Waals surface area (Å²) < 4.78 is 17.6. The number of nitrogens with zero attached hydrogens (tertiary/aromatic N) is 2. The minimum absolute atomic E-state index is 0.191. The molecule has 0 bridgehead atoms. The van der Waals surface area contributed by atoms with E-state index in [1.807, 2.05) is 109 Å². The molecule has 1 saturated heterocycles. The molecule has 1 aliphatic rings. The summed E-state index contributed by atoms with van der Waals surface area (Å²) >= 11 is 14.6. The number of amidine groups is 1. The van der Waals surface area contributed by atoms with Crippen LogP contribution in [0, 0.1) is 0 Å². The lowest BCUT2D eigenvalue weighted by atomic mass is 10.2. The van der Waals surface area contributed by atoms with Crippen LogP contribution in [0.4, 0.5) is 11.4 Å². The van der Waals surface area contributed by atoms with Crippen molar-refractivity contribution in [3.63, 3.8) is 0 Å². The number of aliphatic imine (C=N–C) groups is 1. The number of hydrogen-bond donors (Lipinski definition) is 0. The number of anilines is 1. The van der Waals surface area contributed by atoms with E-state index >= 15 is 0 Å². The fourth-order valence-electron chi connectivity index (χ4n) is 4.73. The average molecular weight is 668 g/mol. The normalized spacial score (nSPS) is 14.6. The molecule has 6 nitrogen and oxygen atoms in total. The molecule has 5 aromatic rings. The summed E-state index contributed by atoms with van der Waals surface area (Å²) in [6.45, 7) is 0.630. The first-order valence-electron chi connectivity index (χ1n) is 14.4. The third-order valence-electron chi connectivity index (χ3n) is 6.97. The second-order valence-electron chi connectivity index (χ2n) is 10.2. The molecule has 0 spiro atoms. The molecule has 1 fully saturated rings. The third kappa shape index (κ3) is 7.40. The maximum Gasteiger partial charge on any atom is 0.271 e. The Morgan fingerprint density at radius 1 is 0.739 bits per heavy atom. The molecule has 0 saturated carbocycles. The summed E-state index contributed by atoms with van der Waals surface area (Å²) in [6.07, 6.45) is 1.76. The summed E-state index contributed by atoms with van der Waals surface area (Å²) in [6, 6.07) is 37.9. The van der Waals surface area contributed by atoms with Gasteiger partial charge in [-0.15, -0.1) is 0 Å². The molecule has 0 aromatic heterocycles. The Kier molecular flexibility index (Phi) is 9.94. The topological polar surface area (TPSA) is 60.4 Å². The van der Waals surface area contributed by atoms with Crippen LogP contribution in [0.3, 0.4) is 0 Å². The summed E-state index contributed by atoms with van der Waals surface area (Å²) in [4.78, 5) is 20.5. The first-order chi connectivity index (χ1) is 22.5. The van der Waals surface area contributed by atoms with Crippen LogP contribution in [0.2, 0.25) is 10.0 Å². The standard InChI is InChI=1S/C37H28Cl2N2O4S/c1-43-33-21-26(17-18-32(33)44-23-25-11-5-2-6-12-25)24-45-35-30(38)19-27(20-31(35)39)22-34-36(42)41(29-15-9-4-10-16-29)37(46-34)40-28-13-7-3-8-14-28/h2-22H,23-24H2,1H3/b34-22+,40-37?. The molecule has 0 aliphatic carbocycles. The number of thioether (sulfide) groups is 1.